The van der Waals surface area contributed by atoms with Crippen molar-refractivity contribution in [1.29, 1.82) is 0 Å². The quantitative estimate of drug-likeness (QED) is 0.643. The van der Waals surface area contributed by atoms with E-state index in [1.165, 1.54) is 6.26 Å². The van der Waals surface area contributed by atoms with Gasteiger partial charge in [-0.2, -0.15) is 5.10 Å². The van der Waals surface area contributed by atoms with E-state index in [9.17, 15) is 8.42 Å². The van der Waals surface area contributed by atoms with Crippen molar-refractivity contribution in [3.63, 3.8) is 0 Å². The van der Waals surface area contributed by atoms with Gasteiger partial charge in [-0.3, -0.25) is 4.68 Å². The summed E-state index contributed by atoms with van der Waals surface area (Å²) < 4.78 is 27.3. The van der Waals surface area contributed by atoms with Crippen LogP contribution in [0.15, 0.2) is 18.5 Å². The van der Waals surface area contributed by atoms with Crippen LogP contribution in [-0.4, -0.2) is 52.5 Å². The molecule has 3 rings (SSSR count). The third-order valence-corrected chi connectivity index (χ3v) is 5.50. The van der Waals surface area contributed by atoms with Gasteiger partial charge in [-0.25, -0.2) is 23.1 Å². The van der Waals surface area contributed by atoms with E-state index in [0.29, 0.717) is 5.95 Å². The van der Waals surface area contributed by atoms with Crippen LogP contribution in [0.25, 0.3) is 11.3 Å². The SMILES string of the molecule is CC(C)Nc1c(-c2ccnc(NC3CCC(NS(C)(=O)=O)CC3)n2)cnn1C. The number of sulfonamides is 1. The van der Waals surface area contributed by atoms with Crippen molar-refractivity contribution in [2.45, 2.75) is 57.7 Å². The van der Waals surface area contributed by atoms with Gasteiger partial charge in [-0.15, -0.1) is 0 Å². The predicted octanol–water partition coefficient (Wildman–Crippen LogP) is 1.97. The summed E-state index contributed by atoms with van der Waals surface area (Å²) in [6.07, 6.45) is 8.09. The average molecular weight is 408 g/mol. The molecule has 0 amide bonds. The van der Waals surface area contributed by atoms with Gasteiger partial charge >= 0.3 is 0 Å². The summed E-state index contributed by atoms with van der Waals surface area (Å²) >= 11 is 0. The summed E-state index contributed by atoms with van der Waals surface area (Å²) in [6, 6.07) is 2.40. The highest BCUT2D eigenvalue weighted by Gasteiger charge is 2.24. The Bertz CT molecular complexity index is 902. The second kappa shape index (κ2) is 8.44. The van der Waals surface area contributed by atoms with E-state index in [1.54, 1.807) is 17.1 Å². The first kappa shape index (κ1) is 20.5. The van der Waals surface area contributed by atoms with Crippen molar-refractivity contribution >= 4 is 21.8 Å². The number of aryl methyl sites for hydroxylation is 1. The van der Waals surface area contributed by atoms with Crippen LogP contribution in [0.2, 0.25) is 0 Å². The molecule has 2 aromatic heterocycles. The zero-order valence-electron chi connectivity index (χ0n) is 16.8. The standard InChI is InChI=1S/C18H29N7O2S/c1-12(2)21-17-15(11-20-25(17)3)16-9-10-19-18(23-16)22-13-5-7-14(8-6-13)24-28(4,26)27/h9-14,21,24H,5-8H2,1-4H3,(H,19,22,23). The lowest BCUT2D eigenvalue weighted by Gasteiger charge is -2.29. The van der Waals surface area contributed by atoms with Gasteiger partial charge in [0.15, 0.2) is 0 Å². The molecule has 28 heavy (non-hydrogen) atoms. The number of nitrogens with one attached hydrogen (secondary N) is 3. The monoisotopic (exact) mass is 407 g/mol. The van der Waals surface area contributed by atoms with Gasteiger partial charge in [0, 0.05) is 31.4 Å². The van der Waals surface area contributed by atoms with E-state index in [-0.39, 0.29) is 18.1 Å². The Balaban J connectivity index is 1.67. The maximum Gasteiger partial charge on any atom is 0.223 e. The second-order valence-corrected chi connectivity index (χ2v) is 9.46. The van der Waals surface area contributed by atoms with Crippen LogP contribution in [-0.2, 0) is 17.1 Å². The van der Waals surface area contributed by atoms with Gasteiger partial charge in [0.1, 0.15) is 5.82 Å². The lowest BCUT2D eigenvalue weighted by atomic mass is 9.92. The summed E-state index contributed by atoms with van der Waals surface area (Å²) in [4.78, 5) is 9.02. The first-order valence-corrected chi connectivity index (χ1v) is 11.5. The zero-order valence-corrected chi connectivity index (χ0v) is 17.6. The van der Waals surface area contributed by atoms with Gasteiger partial charge < -0.3 is 10.6 Å². The molecule has 1 aliphatic rings. The lowest BCUT2D eigenvalue weighted by Crippen LogP contribution is -2.39. The third kappa shape index (κ3) is 5.41. The maximum absolute atomic E-state index is 11.4. The topological polar surface area (TPSA) is 114 Å². The van der Waals surface area contributed by atoms with E-state index < -0.39 is 10.0 Å². The molecule has 1 aliphatic carbocycles. The van der Waals surface area contributed by atoms with Crippen LogP contribution in [0, 0.1) is 0 Å². The molecule has 0 bridgehead atoms. The van der Waals surface area contributed by atoms with Crippen LogP contribution in [0.3, 0.4) is 0 Å². The predicted molar refractivity (Wildman–Crippen MR) is 111 cm³/mol. The first-order chi connectivity index (χ1) is 13.2. The molecule has 1 fully saturated rings. The molecule has 0 atom stereocenters. The molecule has 2 aromatic rings. The Morgan fingerprint density at radius 3 is 2.50 bits per heavy atom. The number of anilines is 2. The highest BCUT2D eigenvalue weighted by molar-refractivity contribution is 7.88. The minimum atomic E-state index is -3.16. The third-order valence-electron chi connectivity index (χ3n) is 4.74. The molecule has 154 valence electrons. The molecule has 0 saturated heterocycles. The fraction of sp³-hybridized carbons (Fsp3) is 0.611. The molecule has 0 aromatic carbocycles. The number of hydrogen-bond donors (Lipinski definition) is 3. The first-order valence-electron chi connectivity index (χ1n) is 9.57. The van der Waals surface area contributed by atoms with Gasteiger partial charge in [0.2, 0.25) is 16.0 Å². The molecule has 2 heterocycles. The van der Waals surface area contributed by atoms with Gasteiger partial charge in [0.25, 0.3) is 0 Å². The van der Waals surface area contributed by atoms with E-state index >= 15 is 0 Å². The molecule has 0 unspecified atom stereocenters. The van der Waals surface area contributed by atoms with Crippen molar-refractivity contribution < 1.29 is 8.42 Å². The highest BCUT2D eigenvalue weighted by atomic mass is 32.2. The summed E-state index contributed by atoms with van der Waals surface area (Å²) in [5, 5.41) is 11.1. The van der Waals surface area contributed by atoms with E-state index in [2.05, 4.69) is 44.3 Å². The molecule has 0 aliphatic heterocycles. The minimum Gasteiger partial charge on any atom is -0.368 e. The summed E-state index contributed by atoms with van der Waals surface area (Å²) in [6.45, 7) is 4.16. The van der Waals surface area contributed by atoms with Crippen LogP contribution >= 0.6 is 0 Å². The van der Waals surface area contributed by atoms with Crippen LogP contribution in [0.4, 0.5) is 11.8 Å². The largest absolute Gasteiger partial charge is 0.368 e. The van der Waals surface area contributed by atoms with Gasteiger partial charge in [0.05, 0.1) is 23.7 Å². The fourth-order valence-electron chi connectivity index (χ4n) is 3.49. The minimum absolute atomic E-state index is 0.0142. The number of nitrogens with zero attached hydrogens (tertiary/aromatic N) is 4. The zero-order chi connectivity index (χ0) is 20.3. The number of rotatable bonds is 7. The molecule has 10 heteroatoms. The van der Waals surface area contributed by atoms with Gasteiger partial charge in [-0.1, -0.05) is 0 Å². The Hall–Kier alpha value is -2.20. The Kier molecular flexibility index (Phi) is 6.19. The number of hydrogen-bond acceptors (Lipinski definition) is 7. The summed E-state index contributed by atoms with van der Waals surface area (Å²) in [5.74, 6) is 1.50. The average Bonchev–Trinajstić information content (AvgIpc) is 2.96. The maximum atomic E-state index is 11.4. The molecular formula is C18H29N7O2S. The van der Waals surface area contributed by atoms with Crippen molar-refractivity contribution in [2.75, 3.05) is 16.9 Å². The second-order valence-electron chi connectivity index (χ2n) is 7.68. The van der Waals surface area contributed by atoms with E-state index in [4.69, 9.17) is 0 Å². The Labute approximate surface area is 166 Å². The molecule has 0 radical (unpaired) electrons. The van der Waals surface area contributed by atoms with Gasteiger partial charge in [-0.05, 0) is 45.6 Å². The Morgan fingerprint density at radius 2 is 1.86 bits per heavy atom. The van der Waals surface area contributed by atoms with Crippen LogP contribution in [0.1, 0.15) is 39.5 Å². The molecule has 3 N–H and O–H groups in total. The fourth-order valence-corrected chi connectivity index (χ4v) is 4.33. The smallest absolute Gasteiger partial charge is 0.223 e. The van der Waals surface area contributed by atoms with Crippen molar-refractivity contribution in [3.05, 3.63) is 18.5 Å². The lowest BCUT2D eigenvalue weighted by molar-refractivity contribution is 0.387. The van der Waals surface area contributed by atoms with Crippen molar-refractivity contribution in [1.82, 2.24) is 24.5 Å². The Morgan fingerprint density at radius 1 is 1.18 bits per heavy atom. The summed E-state index contributed by atoms with van der Waals surface area (Å²) in [5.41, 5.74) is 1.74. The van der Waals surface area contributed by atoms with Crippen LogP contribution in [0.5, 0.6) is 0 Å². The van der Waals surface area contributed by atoms with E-state index in [1.807, 2.05) is 13.1 Å². The van der Waals surface area contributed by atoms with Crippen molar-refractivity contribution in [2.24, 2.45) is 7.05 Å². The normalized spacial score (nSPS) is 20.3. The van der Waals surface area contributed by atoms with E-state index in [0.717, 1.165) is 42.8 Å². The van der Waals surface area contributed by atoms with Crippen LogP contribution < -0.4 is 15.4 Å². The number of aromatic nitrogens is 4. The highest BCUT2D eigenvalue weighted by Crippen LogP contribution is 2.27. The molecule has 9 nitrogen and oxygen atoms in total. The summed E-state index contributed by atoms with van der Waals surface area (Å²) in [7, 11) is -1.26. The molecular weight excluding hydrogens is 378 g/mol. The molecule has 1 saturated carbocycles. The molecule has 0 spiro atoms. The van der Waals surface area contributed by atoms with Crippen molar-refractivity contribution in [3.8, 4) is 11.3 Å².